The molecule has 3 nitrogen and oxygen atoms in total. The first-order valence-electron chi connectivity index (χ1n) is 5.27. The fraction of sp³-hybridized carbons (Fsp3) is 0.231. The van der Waals surface area contributed by atoms with Gasteiger partial charge in [-0.15, -0.1) is 0 Å². The van der Waals surface area contributed by atoms with Gasteiger partial charge in [-0.3, -0.25) is 0 Å². The first-order valence-corrected chi connectivity index (χ1v) is 5.27. The highest BCUT2D eigenvalue weighted by Crippen LogP contribution is 2.25. The van der Waals surface area contributed by atoms with Gasteiger partial charge in [0.1, 0.15) is 6.61 Å². The minimum atomic E-state index is 0.634. The lowest BCUT2D eigenvalue weighted by Crippen LogP contribution is -2.06. The molecule has 2 rings (SSSR count). The standard InChI is InChI=1S/C13H15NO2/c1-15-12-6-2-3-7-13(12)16-11-10-14-8-4-5-9-14/h2-9H,10-11H2,1H3. The SMILES string of the molecule is COc1ccccc1OCCn1cccc1. The highest BCUT2D eigenvalue weighted by atomic mass is 16.5. The molecule has 1 aromatic carbocycles. The third-order valence-corrected chi connectivity index (χ3v) is 2.34. The van der Waals surface area contributed by atoms with Crippen molar-refractivity contribution >= 4 is 0 Å². The fourth-order valence-electron chi connectivity index (χ4n) is 1.52. The van der Waals surface area contributed by atoms with E-state index < -0.39 is 0 Å². The van der Waals surface area contributed by atoms with Crippen LogP contribution >= 0.6 is 0 Å². The van der Waals surface area contributed by atoms with E-state index in [1.54, 1.807) is 7.11 Å². The maximum absolute atomic E-state index is 5.66. The Morgan fingerprint density at radius 3 is 2.38 bits per heavy atom. The summed E-state index contributed by atoms with van der Waals surface area (Å²) in [6.07, 6.45) is 4.04. The molecule has 1 aromatic heterocycles. The zero-order valence-corrected chi connectivity index (χ0v) is 9.30. The first-order chi connectivity index (χ1) is 7.90. The highest BCUT2D eigenvalue weighted by Gasteiger charge is 2.01. The molecular weight excluding hydrogens is 202 g/mol. The molecule has 84 valence electrons. The molecule has 0 atom stereocenters. The molecule has 0 fully saturated rings. The molecule has 0 spiro atoms. The quantitative estimate of drug-likeness (QED) is 0.768. The van der Waals surface area contributed by atoms with E-state index >= 15 is 0 Å². The topological polar surface area (TPSA) is 23.4 Å². The number of para-hydroxylation sites is 2. The molecule has 0 saturated carbocycles. The molecule has 0 radical (unpaired) electrons. The summed E-state index contributed by atoms with van der Waals surface area (Å²) in [6, 6.07) is 11.7. The van der Waals surface area contributed by atoms with Crippen LogP contribution in [-0.2, 0) is 6.54 Å². The number of rotatable bonds is 5. The number of hydrogen-bond donors (Lipinski definition) is 0. The van der Waals surface area contributed by atoms with Crippen LogP contribution < -0.4 is 9.47 Å². The molecule has 0 aliphatic carbocycles. The summed E-state index contributed by atoms with van der Waals surface area (Å²) in [5, 5.41) is 0. The van der Waals surface area contributed by atoms with Crippen LogP contribution in [0.25, 0.3) is 0 Å². The van der Waals surface area contributed by atoms with Crippen LogP contribution in [0, 0.1) is 0 Å². The molecular formula is C13H15NO2. The van der Waals surface area contributed by atoms with Gasteiger partial charge in [0.25, 0.3) is 0 Å². The zero-order valence-electron chi connectivity index (χ0n) is 9.30. The number of ether oxygens (including phenoxy) is 2. The largest absolute Gasteiger partial charge is 0.493 e. The summed E-state index contributed by atoms with van der Waals surface area (Å²) in [5.74, 6) is 1.56. The molecule has 0 aliphatic rings. The lowest BCUT2D eigenvalue weighted by molar-refractivity contribution is 0.280. The minimum Gasteiger partial charge on any atom is -0.493 e. The van der Waals surface area contributed by atoms with Crippen LogP contribution in [0.1, 0.15) is 0 Å². The van der Waals surface area contributed by atoms with Crippen LogP contribution in [-0.4, -0.2) is 18.3 Å². The van der Waals surface area contributed by atoms with E-state index in [9.17, 15) is 0 Å². The van der Waals surface area contributed by atoms with Crippen molar-refractivity contribution in [2.45, 2.75) is 6.54 Å². The van der Waals surface area contributed by atoms with Crippen LogP contribution in [0.5, 0.6) is 11.5 Å². The predicted molar refractivity (Wildman–Crippen MR) is 62.9 cm³/mol. The number of nitrogens with zero attached hydrogens (tertiary/aromatic N) is 1. The van der Waals surface area contributed by atoms with Crippen LogP contribution in [0.15, 0.2) is 48.8 Å². The lowest BCUT2D eigenvalue weighted by atomic mass is 10.3. The molecule has 0 unspecified atom stereocenters. The Morgan fingerprint density at radius 1 is 1.00 bits per heavy atom. The minimum absolute atomic E-state index is 0.634. The summed E-state index contributed by atoms with van der Waals surface area (Å²) in [6.45, 7) is 1.47. The van der Waals surface area contributed by atoms with Crippen molar-refractivity contribution in [2.75, 3.05) is 13.7 Å². The molecule has 0 N–H and O–H groups in total. The molecule has 0 saturated heterocycles. The van der Waals surface area contributed by atoms with Gasteiger partial charge in [-0.05, 0) is 24.3 Å². The van der Waals surface area contributed by atoms with Gasteiger partial charge >= 0.3 is 0 Å². The average molecular weight is 217 g/mol. The third-order valence-electron chi connectivity index (χ3n) is 2.34. The Balaban J connectivity index is 1.89. The molecule has 1 heterocycles. The number of methoxy groups -OCH3 is 1. The molecule has 3 heteroatoms. The highest BCUT2D eigenvalue weighted by molar-refractivity contribution is 5.39. The Kier molecular flexibility index (Phi) is 3.49. The van der Waals surface area contributed by atoms with Gasteiger partial charge in [0.15, 0.2) is 11.5 Å². The first kappa shape index (κ1) is 10.6. The van der Waals surface area contributed by atoms with Crippen molar-refractivity contribution < 1.29 is 9.47 Å². The van der Waals surface area contributed by atoms with E-state index in [1.165, 1.54) is 0 Å². The second-order valence-corrected chi connectivity index (χ2v) is 3.42. The second-order valence-electron chi connectivity index (χ2n) is 3.42. The molecule has 16 heavy (non-hydrogen) atoms. The van der Waals surface area contributed by atoms with Crippen molar-refractivity contribution in [3.63, 3.8) is 0 Å². The van der Waals surface area contributed by atoms with Crippen molar-refractivity contribution in [2.24, 2.45) is 0 Å². The van der Waals surface area contributed by atoms with Gasteiger partial charge in [0.05, 0.1) is 13.7 Å². The zero-order chi connectivity index (χ0) is 11.2. The summed E-state index contributed by atoms with van der Waals surface area (Å²) < 4.78 is 12.9. The van der Waals surface area contributed by atoms with Gasteiger partial charge in [0, 0.05) is 12.4 Å². The molecule has 0 aliphatic heterocycles. The van der Waals surface area contributed by atoms with E-state index in [2.05, 4.69) is 4.57 Å². The smallest absolute Gasteiger partial charge is 0.161 e. The van der Waals surface area contributed by atoms with E-state index in [0.717, 1.165) is 18.0 Å². The van der Waals surface area contributed by atoms with Gasteiger partial charge < -0.3 is 14.0 Å². The van der Waals surface area contributed by atoms with E-state index in [1.807, 2.05) is 48.8 Å². The maximum Gasteiger partial charge on any atom is 0.161 e. The van der Waals surface area contributed by atoms with Crippen molar-refractivity contribution in [3.05, 3.63) is 48.8 Å². The average Bonchev–Trinajstić information content (AvgIpc) is 2.83. The van der Waals surface area contributed by atoms with Crippen molar-refractivity contribution in [1.82, 2.24) is 4.57 Å². The molecule has 0 bridgehead atoms. The summed E-state index contributed by atoms with van der Waals surface area (Å²) >= 11 is 0. The summed E-state index contributed by atoms with van der Waals surface area (Å²) in [5.41, 5.74) is 0. The predicted octanol–water partition coefficient (Wildman–Crippen LogP) is 2.58. The van der Waals surface area contributed by atoms with E-state index in [4.69, 9.17) is 9.47 Å². The van der Waals surface area contributed by atoms with E-state index in [-0.39, 0.29) is 0 Å². The monoisotopic (exact) mass is 217 g/mol. The van der Waals surface area contributed by atoms with E-state index in [0.29, 0.717) is 6.61 Å². The number of aromatic nitrogens is 1. The van der Waals surface area contributed by atoms with Gasteiger partial charge in [0.2, 0.25) is 0 Å². The van der Waals surface area contributed by atoms with Crippen molar-refractivity contribution in [1.29, 1.82) is 0 Å². The summed E-state index contributed by atoms with van der Waals surface area (Å²) in [7, 11) is 1.65. The Hall–Kier alpha value is -1.90. The third kappa shape index (κ3) is 2.57. The van der Waals surface area contributed by atoms with Crippen LogP contribution in [0.3, 0.4) is 0 Å². The lowest BCUT2D eigenvalue weighted by Gasteiger charge is -2.10. The number of benzene rings is 1. The normalized spacial score (nSPS) is 10.1. The Morgan fingerprint density at radius 2 is 1.69 bits per heavy atom. The fourth-order valence-corrected chi connectivity index (χ4v) is 1.52. The van der Waals surface area contributed by atoms with Gasteiger partial charge in [-0.2, -0.15) is 0 Å². The maximum atomic E-state index is 5.66. The number of hydrogen-bond acceptors (Lipinski definition) is 2. The molecule has 2 aromatic rings. The van der Waals surface area contributed by atoms with Crippen molar-refractivity contribution in [3.8, 4) is 11.5 Å². The van der Waals surface area contributed by atoms with Crippen LogP contribution in [0.2, 0.25) is 0 Å². The van der Waals surface area contributed by atoms with Gasteiger partial charge in [-0.25, -0.2) is 0 Å². The molecule has 0 amide bonds. The van der Waals surface area contributed by atoms with Crippen LogP contribution in [0.4, 0.5) is 0 Å². The summed E-state index contributed by atoms with van der Waals surface area (Å²) in [4.78, 5) is 0. The second kappa shape index (κ2) is 5.26. The Labute approximate surface area is 95.2 Å². The Bertz CT molecular complexity index is 423. The van der Waals surface area contributed by atoms with Gasteiger partial charge in [-0.1, -0.05) is 12.1 Å².